The van der Waals surface area contributed by atoms with Crippen molar-refractivity contribution < 1.29 is 33.7 Å². The van der Waals surface area contributed by atoms with Crippen LogP contribution in [0.25, 0.3) is 0 Å². The van der Waals surface area contributed by atoms with Gasteiger partial charge < -0.3 is 19.3 Å². The van der Waals surface area contributed by atoms with E-state index >= 15 is 0 Å². The maximum Gasteiger partial charge on any atom is 0.302 e. The van der Waals surface area contributed by atoms with Gasteiger partial charge in [-0.1, -0.05) is 24.3 Å². The number of Topliss-reactive ketones (excluding diaryl/α,β-unsaturated/α-hetero) is 1. The summed E-state index contributed by atoms with van der Waals surface area (Å²) >= 11 is 0. The fourth-order valence-corrected chi connectivity index (χ4v) is 2.72. The first-order chi connectivity index (χ1) is 12.9. The minimum atomic E-state index is -0.621. The van der Waals surface area contributed by atoms with Gasteiger partial charge >= 0.3 is 11.9 Å². The Balaban J connectivity index is 2.18. The first-order valence-corrected chi connectivity index (χ1v) is 9.33. The number of esters is 2. The molecule has 0 unspecified atom stereocenters. The molecule has 27 heavy (non-hydrogen) atoms. The number of aliphatic hydroxyl groups excluding tert-OH is 1. The van der Waals surface area contributed by atoms with Gasteiger partial charge in [0.2, 0.25) is 0 Å². The molecular formula is C20H30O7. The predicted octanol–water partition coefficient (Wildman–Crippen LogP) is 2.26. The molecule has 0 amide bonds. The molecule has 1 saturated heterocycles. The van der Waals surface area contributed by atoms with Crippen molar-refractivity contribution in [2.75, 3.05) is 13.2 Å². The van der Waals surface area contributed by atoms with Crippen LogP contribution in [-0.2, 0) is 28.6 Å². The molecule has 0 saturated carbocycles. The SMILES string of the molecule is CC(=O)OC/C=C/CCC(=O)[C@H]1CC[C@@H]([C@@H](O)CC/C=C/COC(C)=O)O1. The van der Waals surface area contributed by atoms with Crippen molar-refractivity contribution in [3.63, 3.8) is 0 Å². The smallest absolute Gasteiger partial charge is 0.302 e. The van der Waals surface area contributed by atoms with Gasteiger partial charge in [0.25, 0.3) is 0 Å². The highest BCUT2D eigenvalue weighted by Gasteiger charge is 2.33. The number of rotatable bonds is 12. The summed E-state index contributed by atoms with van der Waals surface area (Å²) in [6.07, 6.45) is 9.12. The molecule has 1 aliphatic rings. The minimum Gasteiger partial charge on any atom is -0.462 e. The Morgan fingerprint density at radius 2 is 1.59 bits per heavy atom. The summed E-state index contributed by atoms with van der Waals surface area (Å²) in [6.45, 7) is 3.15. The van der Waals surface area contributed by atoms with E-state index in [0.29, 0.717) is 38.5 Å². The number of carbonyl (C=O) groups is 3. The van der Waals surface area contributed by atoms with E-state index in [-0.39, 0.29) is 37.0 Å². The Bertz CT molecular complexity index is 538. The summed E-state index contributed by atoms with van der Waals surface area (Å²) in [6, 6.07) is 0. The largest absolute Gasteiger partial charge is 0.462 e. The molecular weight excluding hydrogens is 352 g/mol. The minimum absolute atomic E-state index is 0.0307. The second-order valence-corrected chi connectivity index (χ2v) is 6.44. The van der Waals surface area contributed by atoms with E-state index in [1.165, 1.54) is 13.8 Å². The average Bonchev–Trinajstić information content (AvgIpc) is 3.10. The van der Waals surface area contributed by atoms with Crippen LogP contribution in [0.15, 0.2) is 24.3 Å². The van der Waals surface area contributed by atoms with Crippen molar-refractivity contribution in [3.8, 4) is 0 Å². The molecule has 0 bridgehead atoms. The first kappa shape index (κ1) is 23.0. The van der Waals surface area contributed by atoms with Gasteiger partial charge in [0, 0.05) is 20.3 Å². The first-order valence-electron chi connectivity index (χ1n) is 9.33. The van der Waals surface area contributed by atoms with Crippen LogP contribution in [0, 0.1) is 0 Å². The Labute approximate surface area is 160 Å². The number of ketones is 1. The normalized spacial score (nSPS) is 20.9. The van der Waals surface area contributed by atoms with E-state index < -0.39 is 12.2 Å². The zero-order valence-corrected chi connectivity index (χ0v) is 16.1. The molecule has 0 aromatic rings. The number of aliphatic hydroxyl groups is 1. The van der Waals surface area contributed by atoms with Crippen LogP contribution in [0.1, 0.15) is 52.4 Å². The lowest BCUT2D eigenvalue weighted by Crippen LogP contribution is -2.28. The summed E-state index contributed by atoms with van der Waals surface area (Å²) in [5, 5.41) is 10.2. The molecule has 0 radical (unpaired) electrons. The van der Waals surface area contributed by atoms with Crippen LogP contribution in [0.5, 0.6) is 0 Å². The molecule has 7 nitrogen and oxygen atoms in total. The van der Waals surface area contributed by atoms with Crippen LogP contribution in [0.2, 0.25) is 0 Å². The van der Waals surface area contributed by atoms with E-state index in [2.05, 4.69) is 0 Å². The maximum absolute atomic E-state index is 12.2. The van der Waals surface area contributed by atoms with Crippen molar-refractivity contribution in [1.82, 2.24) is 0 Å². The van der Waals surface area contributed by atoms with E-state index in [4.69, 9.17) is 14.2 Å². The number of ether oxygens (including phenoxy) is 3. The van der Waals surface area contributed by atoms with Gasteiger partial charge in [0.15, 0.2) is 5.78 Å². The molecule has 0 aliphatic carbocycles. The molecule has 1 aliphatic heterocycles. The molecule has 152 valence electrons. The zero-order chi connectivity index (χ0) is 20.1. The zero-order valence-electron chi connectivity index (χ0n) is 16.1. The van der Waals surface area contributed by atoms with Gasteiger partial charge in [0.1, 0.15) is 19.3 Å². The Hall–Kier alpha value is -1.99. The lowest BCUT2D eigenvalue weighted by atomic mass is 10.0. The van der Waals surface area contributed by atoms with Gasteiger partial charge in [-0.2, -0.15) is 0 Å². The fraction of sp³-hybridized carbons (Fsp3) is 0.650. The second-order valence-electron chi connectivity index (χ2n) is 6.44. The van der Waals surface area contributed by atoms with Crippen molar-refractivity contribution in [3.05, 3.63) is 24.3 Å². The maximum atomic E-state index is 12.2. The topological polar surface area (TPSA) is 99.1 Å². The molecule has 0 aromatic heterocycles. The van der Waals surface area contributed by atoms with Crippen molar-refractivity contribution >= 4 is 17.7 Å². The van der Waals surface area contributed by atoms with E-state index in [1.54, 1.807) is 12.2 Å². The van der Waals surface area contributed by atoms with Crippen LogP contribution >= 0.6 is 0 Å². The van der Waals surface area contributed by atoms with Crippen molar-refractivity contribution in [2.45, 2.75) is 70.7 Å². The Kier molecular flexibility index (Phi) is 11.3. The Morgan fingerprint density at radius 1 is 1.00 bits per heavy atom. The summed E-state index contributed by atoms with van der Waals surface area (Å²) in [7, 11) is 0. The number of hydrogen-bond acceptors (Lipinski definition) is 7. The summed E-state index contributed by atoms with van der Waals surface area (Å²) < 4.78 is 15.3. The van der Waals surface area contributed by atoms with E-state index in [0.717, 1.165) is 0 Å². The summed E-state index contributed by atoms with van der Waals surface area (Å²) in [5.74, 6) is -0.627. The molecule has 1 rings (SSSR count). The van der Waals surface area contributed by atoms with Crippen molar-refractivity contribution in [1.29, 1.82) is 0 Å². The molecule has 1 fully saturated rings. The van der Waals surface area contributed by atoms with Gasteiger partial charge in [-0.25, -0.2) is 0 Å². The standard InChI is InChI=1S/C20H30O7/c1-15(21)25-13-7-3-5-9-17(23)19-11-12-20(27-19)18(24)10-6-4-8-14-26-16(2)22/h3-4,7-8,17,19-20,23H,5-6,9-14H2,1-2H3/b7-3+,8-4+/t17-,19-,20+/m0/s1. The molecule has 1 heterocycles. The number of allylic oxidation sites excluding steroid dienone is 2. The van der Waals surface area contributed by atoms with E-state index in [1.807, 2.05) is 12.2 Å². The van der Waals surface area contributed by atoms with Gasteiger partial charge in [0.05, 0.1) is 12.2 Å². The molecule has 3 atom stereocenters. The number of hydrogen-bond donors (Lipinski definition) is 1. The highest BCUT2D eigenvalue weighted by molar-refractivity contribution is 5.83. The summed E-state index contributed by atoms with van der Waals surface area (Å²) in [4.78, 5) is 33.4. The molecule has 1 N–H and O–H groups in total. The third kappa shape index (κ3) is 10.7. The Morgan fingerprint density at radius 3 is 2.19 bits per heavy atom. The van der Waals surface area contributed by atoms with Crippen LogP contribution in [0.4, 0.5) is 0 Å². The van der Waals surface area contributed by atoms with Gasteiger partial charge in [-0.05, 0) is 32.1 Å². The predicted molar refractivity (Wildman–Crippen MR) is 98.9 cm³/mol. The third-order valence-corrected chi connectivity index (χ3v) is 4.13. The highest BCUT2D eigenvalue weighted by Crippen LogP contribution is 2.25. The molecule has 0 spiro atoms. The lowest BCUT2D eigenvalue weighted by molar-refractivity contribution is -0.140. The molecule has 0 aromatic carbocycles. The average molecular weight is 382 g/mol. The summed E-state index contributed by atoms with van der Waals surface area (Å²) in [5.41, 5.74) is 0. The highest BCUT2D eigenvalue weighted by atomic mass is 16.5. The monoisotopic (exact) mass is 382 g/mol. The molecule has 7 heteroatoms. The fourth-order valence-electron chi connectivity index (χ4n) is 2.72. The van der Waals surface area contributed by atoms with Crippen LogP contribution < -0.4 is 0 Å². The van der Waals surface area contributed by atoms with Crippen molar-refractivity contribution in [2.24, 2.45) is 0 Å². The second kappa shape index (κ2) is 13.2. The third-order valence-electron chi connectivity index (χ3n) is 4.13. The van der Waals surface area contributed by atoms with Gasteiger partial charge in [-0.15, -0.1) is 0 Å². The van der Waals surface area contributed by atoms with E-state index in [9.17, 15) is 19.5 Å². The van der Waals surface area contributed by atoms with Gasteiger partial charge in [-0.3, -0.25) is 14.4 Å². The quantitative estimate of drug-likeness (QED) is 0.408. The number of carbonyl (C=O) groups excluding carboxylic acids is 3. The van der Waals surface area contributed by atoms with Crippen LogP contribution in [0.3, 0.4) is 0 Å². The van der Waals surface area contributed by atoms with Crippen LogP contribution in [-0.4, -0.2) is 54.4 Å². The lowest BCUT2D eigenvalue weighted by Gasteiger charge is -2.18.